The third-order valence-electron chi connectivity index (χ3n) is 17.1. The number of carbonyl (C=O) groups is 1. The fraction of sp³-hybridized carbons (Fsp3) is 0.905. The van der Waals surface area contributed by atoms with Crippen molar-refractivity contribution in [2.75, 3.05) is 6.61 Å². The minimum atomic E-state index is -0.863. The summed E-state index contributed by atoms with van der Waals surface area (Å²) < 4.78 is 0. The Morgan fingerprint density at radius 1 is 0.295 bits per heavy atom. The third-order valence-corrected chi connectivity index (χ3v) is 17.1. The fourth-order valence-corrected chi connectivity index (χ4v) is 11.6. The Balaban J connectivity index is 3.43. The van der Waals surface area contributed by atoms with Crippen molar-refractivity contribution in [1.29, 1.82) is 0 Å². The number of allylic oxidation sites excluding steroid dienone is 5. The van der Waals surface area contributed by atoms with E-state index >= 15 is 0 Å². The highest BCUT2D eigenvalue weighted by molar-refractivity contribution is 5.76. The summed E-state index contributed by atoms with van der Waals surface area (Å²) >= 11 is 0. The molecule has 0 aromatic carbocycles. The van der Waals surface area contributed by atoms with E-state index in [1.807, 2.05) is 6.08 Å². The summed E-state index contributed by atoms with van der Waals surface area (Å²) in [6.07, 6.45) is 96.9. The van der Waals surface area contributed by atoms with Crippen LogP contribution in [0, 0.1) is 0 Å². The number of carbonyl (C=O) groups excluding carboxylic acids is 1. The van der Waals surface area contributed by atoms with Crippen LogP contribution in [0.5, 0.6) is 0 Å². The molecule has 0 saturated heterocycles. The molecule has 0 aliphatic carbocycles. The molecule has 0 spiro atoms. The van der Waals surface area contributed by atoms with Gasteiger partial charge in [0.15, 0.2) is 0 Å². The highest BCUT2D eigenvalue weighted by Crippen LogP contribution is 2.19. The molecule has 0 heterocycles. The van der Waals surface area contributed by atoms with Crippen molar-refractivity contribution in [3.8, 4) is 0 Å². The van der Waals surface area contributed by atoms with Gasteiger partial charge in [-0.2, -0.15) is 0 Å². The number of hydrogen-bond acceptors (Lipinski definition) is 3. The number of amides is 1. The zero-order valence-corrected chi connectivity index (χ0v) is 53.5. The topological polar surface area (TPSA) is 69.6 Å². The van der Waals surface area contributed by atoms with Gasteiger partial charge in [0.1, 0.15) is 0 Å². The molecule has 0 aromatic rings. The maximum absolute atomic E-state index is 12.5. The lowest BCUT2D eigenvalue weighted by molar-refractivity contribution is -0.123. The van der Waals surface area contributed by atoms with Crippen LogP contribution >= 0.6 is 0 Å². The van der Waals surface area contributed by atoms with Gasteiger partial charge in [0, 0.05) is 6.42 Å². The minimum Gasteiger partial charge on any atom is -0.394 e. The summed E-state index contributed by atoms with van der Waals surface area (Å²) in [5.74, 6) is -0.0651. The van der Waals surface area contributed by atoms with Gasteiger partial charge in [-0.1, -0.05) is 384 Å². The largest absolute Gasteiger partial charge is 0.394 e. The maximum Gasteiger partial charge on any atom is 0.220 e. The van der Waals surface area contributed by atoms with Crippen LogP contribution in [0.1, 0.15) is 412 Å². The molecular formula is C74H143NO3. The predicted molar refractivity (Wildman–Crippen MR) is 350 cm³/mol. The Morgan fingerprint density at radius 3 is 0.744 bits per heavy atom. The maximum atomic E-state index is 12.5. The number of rotatable bonds is 68. The van der Waals surface area contributed by atoms with Gasteiger partial charge in [-0.15, -0.1) is 0 Å². The molecule has 0 fully saturated rings. The summed E-state index contributed by atoms with van der Waals surface area (Å²) in [7, 11) is 0. The lowest BCUT2D eigenvalue weighted by atomic mass is 10.0. The van der Waals surface area contributed by atoms with Gasteiger partial charge in [-0.05, 0) is 57.8 Å². The Hall–Kier alpha value is -1.39. The highest BCUT2D eigenvalue weighted by atomic mass is 16.3. The van der Waals surface area contributed by atoms with E-state index in [4.69, 9.17) is 0 Å². The van der Waals surface area contributed by atoms with Crippen LogP contribution < -0.4 is 5.32 Å². The lowest BCUT2D eigenvalue weighted by Crippen LogP contribution is -2.45. The van der Waals surface area contributed by atoms with E-state index in [-0.39, 0.29) is 12.5 Å². The molecule has 0 bridgehead atoms. The van der Waals surface area contributed by atoms with Crippen LogP contribution in [0.2, 0.25) is 0 Å². The highest BCUT2D eigenvalue weighted by Gasteiger charge is 2.18. The molecule has 2 unspecified atom stereocenters. The molecule has 2 atom stereocenters. The molecule has 78 heavy (non-hydrogen) atoms. The van der Waals surface area contributed by atoms with Gasteiger partial charge in [0.25, 0.3) is 0 Å². The molecule has 0 rings (SSSR count). The van der Waals surface area contributed by atoms with E-state index in [0.717, 1.165) is 32.1 Å². The smallest absolute Gasteiger partial charge is 0.220 e. The fourth-order valence-electron chi connectivity index (χ4n) is 11.6. The van der Waals surface area contributed by atoms with Gasteiger partial charge in [-0.3, -0.25) is 4.79 Å². The average molecular weight is 1090 g/mol. The minimum absolute atomic E-state index is 0.0651. The van der Waals surface area contributed by atoms with Crippen molar-refractivity contribution in [2.24, 2.45) is 0 Å². The first-order valence-corrected chi connectivity index (χ1v) is 36.2. The van der Waals surface area contributed by atoms with Crippen molar-refractivity contribution < 1.29 is 15.0 Å². The van der Waals surface area contributed by atoms with E-state index < -0.39 is 12.1 Å². The van der Waals surface area contributed by atoms with E-state index in [9.17, 15) is 15.0 Å². The van der Waals surface area contributed by atoms with Gasteiger partial charge in [0.2, 0.25) is 5.91 Å². The molecule has 4 heteroatoms. The van der Waals surface area contributed by atoms with Crippen LogP contribution in [0.4, 0.5) is 0 Å². The summed E-state index contributed by atoms with van der Waals surface area (Å²) in [4.78, 5) is 12.5. The monoisotopic (exact) mass is 1090 g/mol. The van der Waals surface area contributed by atoms with E-state index in [2.05, 4.69) is 43.5 Å². The molecular weight excluding hydrogens is 951 g/mol. The zero-order valence-electron chi connectivity index (χ0n) is 53.5. The van der Waals surface area contributed by atoms with Crippen molar-refractivity contribution in [1.82, 2.24) is 5.32 Å². The van der Waals surface area contributed by atoms with E-state index in [1.165, 1.54) is 360 Å². The SMILES string of the molecule is CCCCCCCCCC/C=C\CCCCCCCCCCCCCCCCCCCCCCCC(=O)NC(CO)C(O)/C=C/CC/C=C/CCCCCCCCCCCCCCCCCCCCCCCCCCCCC. The van der Waals surface area contributed by atoms with Crippen LogP contribution in [0.15, 0.2) is 36.5 Å². The standard InChI is InChI=1S/C74H143NO3/c1-3-5-7-9-11-13-15-17-19-21-23-25-27-29-31-33-35-37-39-41-43-45-47-49-51-53-55-57-59-61-63-65-67-69-73(77)72(71-76)75-74(78)70-68-66-64-62-60-58-56-54-52-50-48-46-44-42-40-38-36-34-32-30-28-26-24-22-20-18-16-14-12-10-8-6-4-2/h22,24,59,61,67,69,72-73,76-77H,3-21,23,25-58,60,62-66,68,70-71H2,1-2H3,(H,75,78)/b24-22-,61-59+,69-67+. The van der Waals surface area contributed by atoms with Crippen molar-refractivity contribution in [3.63, 3.8) is 0 Å². The molecule has 0 aliphatic rings. The Morgan fingerprint density at radius 2 is 0.500 bits per heavy atom. The van der Waals surface area contributed by atoms with E-state index in [0.29, 0.717) is 6.42 Å². The van der Waals surface area contributed by atoms with Crippen molar-refractivity contribution in [2.45, 2.75) is 424 Å². The number of nitrogens with one attached hydrogen (secondary N) is 1. The number of hydrogen-bond donors (Lipinski definition) is 3. The molecule has 0 saturated carbocycles. The Labute approximate surface area is 491 Å². The summed E-state index contributed by atoms with van der Waals surface area (Å²) in [6.45, 7) is 4.35. The zero-order chi connectivity index (χ0) is 56.2. The second-order valence-corrected chi connectivity index (χ2v) is 25.0. The summed E-state index contributed by atoms with van der Waals surface area (Å²) in [5.41, 5.74) is 0. The van der Waals surface area contributed by atoms with Crippen LogP contribution in [0.25, 0.3) is 0 Å². The van der Waals surface area contributed by atoms with Crippen LogP contribution in [0.3, 0.4) is 0 Å². The average Bonchev–Trinajstić information content (AvgIpc) is 3.44. The van der Waals surface area contributed by atoms with Gasteiger partial charge >= 0.3 is 0 Å². The molecule has 0 aromatic heterocycles. The first kappa shape index (κ1) is 76.6. The molecule has 0 aliphatic heterocycles. The quantitative estimate of drug-likeness (QED) is 0.0420. The molecule has 3 N–H and O–H groups in total. The van der Waals surface area contributed by atoms with Gasteiger partial charge < -0.3 is 15.5 Å². The van der Waals surface area contributed by atoms with E-state index in [1.54, 1.807) is 6.08 Å². The second-order valence-electron chi connectivity index (χ2n) is 25.0. The molecule has 4 nitrogen and oxygen atoms in total. The number of aliphatic hydroxyl groups is 2. The van der Waals surface area contributed by atoms with Crippen molar-refractivity contribution in [3.05, 3.63) is 36.5 Å². The Bertz CT molecular complexity index is 1190. The van der Waals surface area contributed by atoms with Gasteiger partial charge in [0.05, 0.1) is 18.8 Å². The number of aliphatic hydroxyl groups excluding tert-OH is 2. The third kappa shape index (κ3) is 65.4. The van der Waals surface area contributed by atoms with Crippen LogP contribution in [-0.4, -0.2) is 34.9 Å². The second kappa shape index (κ2) is 69.9. The summed E-state index contributed by atoms with van der Waals surface area (Å²) in [5, 5.41) is 23.3. The number of unbranched alkanes of at least 4 members (excludes halogenated alkanes) is 57. The first-order valence-electron chi connectivity index (χ1n) is 36.2. The lowest BCUT2D eigenvalue weighted by Gasteiger charge is -2.19. The molecule has 0 radical (unpaired) electrons. The van der Waals surface area contributed by atoms with Crippen LogP contribution in [-0.2, 0) is 4.79 Å². The molecule has 462 valence electrons. The summed E-state index contributed by atoms with van der Waals surface area (Å²) in [6, 6.07) is -0.639. The van der Waals surface area contributed by atoms with Crippen molar-refractivity contribution >= 4 is 5.91 Å². The van der Waals surface area contributed by atoms with Gasteiger partial charge in [-0.25, -0.2) is 0 Å². The molecule has 1 amide bonds. The Kier molecular flexibility index (Phi) is 68.6. The predicted octanol–water partition coefficient (Wildman–Crippen LogP) is 24.7. The first-order chi connectivity index (χ1) is 38.7. The normalized spacial score (nSPS) is 12.8.